The molecule has 0 radical (unpaired) electrons. The summed E-state index contributed by atoms with van der Waals surface area (Å²) >= 11 is 0. The molecule has 0 aliphatic rings. The maximum atomic E-state index is 12.5. The number of nitrogens with one attached hydrogen (secondary N) is 1. The number of sulfonamides is 1. The molecule has 0 spiro atoms. The van der Waals surface area contributed by atoms with E-state index in [1.165, 1.54) is 17.7 Å². The fourth-order valence-corrected chi connectivity index (χ4v) is 4.23. The van der Waals surface area contributed by atoms with E-state index in [0.717, 1.165) is 16.8 Å². The molecule has 1 heterocycles. The summed E-state index contributed by atoms with van der Waals surface area (Å²) in [7, 11) is -1.93. The minimum absolute atomic E-state index is 0.00166. The van der Waals surface area contributed by atoms with Gasteiger partial charge >= 0.3 is 0 Å². The smallest absolute Gasteiger partial charge is 0.238 e. The Bertz CT molecular complexity index is 1470. The Balaban J connectivity index is 1.42. The van der Waals surface area contributed by atoms with E-state index in [2.05, 4.69) is 15.3 Å². The van der Waals surface area contributed by atoms with Crippen molar-refractivity contribution in [2.75, 3.05) is 17.3 Å². The number of hydrogen-bond acceptors (Lipinski definition) is 7. The van der Waals surface area contributed by atoms with Crippen LogP contribution in [0.25, 0.3) is 0 Å². The Kier molecular flexibility index (Phi) is 7.42. The molecule has 0 aliphatic carbocycles. The van der Waals surface area contributed by atoms with Crippen LogP contribution in [0.2, 0.25) is 0 Å². The lowest BCUT2D eigenvalue weighted by Crippen LogP contribution is -2.13. The number of nitrogens with two attached hydrogens (primary N) is 1. The summed E-state index contributed by atoms with van der Waals surface area (Å²) in [5.74, 6) is 1.11. The Hall–Kier alpha value is -4.08. The molecule has 36 heavy (non-hydrogen) atoms. The second-order valence-electron chi connectivity index (χ2n) is 8.54. The van der Waals surface area contributed by atoms with E-state index in [1.807, 2.05) is 67.4 Å². The maximum Gasteiger partial charge on any atom is 0.238 e. The van der Waals surface area contributed by atoms with Gasteiger partial charge in [0.2, 0.25) is 16.0 Å². The van der Waals surface area contributed by atoms with Crippen LogP contribution in [-0.4, -0.2) is 31.2 Å². The number of rotatable bonds is 9. The predicted molar refractivity (Wildman–Crippen MR) is 141 cm³/mol. The van der Waals surface area contributed by atoms with Crippen LogP contribution in [0, 0.1) is 6.92 Å². The van der Waals surface area contributed by atoms with Gasteiger partial charge in [-0.2, -0.15) is 4.98 Å². The van der Waals surface area contributed by atoms with E-state index < -0.39 is 10.0 Å². The first-order chi connectivity index (χ1) is 17.2. The third-order valence-electron chi connectivity index (χ3n) is 5.65. The summed E-state index contributed by atoms with van der Waals surface area (Å²) < 4.78 is 23.2. The number of nitrogens with zero attached hydrogens (tertiary/aromatic N) is 3. The van der Waals surface area contributed by atoms with E-state index in [0.29, 0.717) is 30.3 Å². The molecule has 4 aromatic rings. The highest BCUT2D eigenvalue weighted by atomic mass is 32.2. The topological polar surface area (TPSA) is 118 Å². The zero-order chi connectivity index (χ0) is 25.7. The van der Waals surface area contributed by atoms with Crippen LogP contribution in [0.4, 0.5) is 23.1 Å². The molecule has 0 atom stereocenters. The van der Waals surface area contributed by atoms with Gasteiger partial charge in [0.05, 0.1) is 4.90 Å². The third kappa shape index (κ3) is 6.53. The SMILES string of the molecule is Cc1ccc(CC(=O)Cc2ccc(N(C)c3ccnc(Nc4cccc(S(N)(=O)=O)c4)n3)cc2)cc1. The van der Waals surface area contributed by atoms with Gasteiger partial charge in [-0.15, -0.1) is 0 Å². The average Bonchev–Trinajstić information content (AvgIpc) is 2.85. The fourth-order valence-electron chi connectivity index (χ4n) is 3.67. The molecule has 0 aliphatic heterocycles. The molecule has 3 aromatic carbocycles. The van der Waals surface area contributed by atoms with Gasteiger partial charge in [-0.25, -0.2) is 18.5 Å². The normalized spacial score (nSPS) is 11.2. The first-order valence-electron chi connectivity index (χ1n) is 11.3. The minimum Gasteiger partial charge on any atom is -0.329 e. The van der Waals surface area contributed by atoms with Crippen molar-refractivity contribution in [3.8, 4) is 0 Å². The van der Waals surface area contributed by atoms with Crippen LogP contribution >= 0.6 is 0 Å². The number of benzene rings is 3. The lowest BCUT2D eigenvalue weighted by molar-refractivity contribution is -0.117. The van der Waals surface area contributed by atoms with Crippen molar-refractivity contribution in [2.24, 2.45) is 5.14 Å². The number of anilines is 4. The zero-order valence-corrected chi connectivity index (χ0v) is 20.9. The van der Waals surface area contributed by atoms with E-state index >= 15 is 0 Å². The summed E-state index contributed by atoms with van der Waals surface area (Å²) in [6, 6.07) is 23.7. The number of hydrogen-bond donors (Lipinski definition) is 2. The molecule has 0 saturated heterocycles. The first kappa shape index (κ1) is 25.0. The Morgan fingerprint density at radius 3 is 2.22 bits per heavy atom. The molecule has 1 aromatic heterocycles. The van der Waals surface area contributed by atoms with Crippen molar-refractivity contribution in [3.63, 3.8) is 0 Å². The number of ketones is 1. The van der Waals surface area contributed by atoms with Gasteiger partial charge < -0.3 is 10.2 Å². The van der Waals surface area contributed by atoms with Crippen LogP contribution in [0.15, 0.2) is 90.0 Å². The molecule has 9 heteroatoms. The number of aromatic nitrogens is 2. The lowest BCUT2D eigenvalue weighted by atomic mass is 10.0. The summed E-state index contributed by atoms with van der Waals surface area (Å²) in [6.07, 6.45) is 2.40. The summed E-state index contributed by atoms with van der Waals surface area (Å²) in [5, 5.41) is 8.22. The molecule has 184 valence electrons. The third-order valence-corrected chi connectivity index (χ3v) is 6.56. The monoisotopic (exact) mass is 501 g/mol. The zero-order valence-electron chi connectivity index (χ0n) is 20.0. The summed E-state index contributed by atoms with van der Waals surface area (Å²) in [4.78, 5) is 23.1. The van der Waals surface area contributed by atoms with Gasteiger partial charge in [0.15, 0.2) is 0 Å². The highest BCUT2D eigenvalue weighted by Gasteiger charge is 2.11. The van der Waals surface area contributed by atoms with Crippen LogP contribution in [0.5, 0.6) is 0 Å². The number of carbonyl (C=O) groups excluding carboxylic acids is 1. The summed E-state index contributed by atoms with van der Waals surface area (Å²) in [6.45, 7) is 2.03. The molecule has 0 bridgehead atoms. The average molecular weight is 502 g/mol. The molecular weight excluding hydrogens is 474 g/mol. The van der Waals surface area contributed by atoms with Crippen LogP contribution in [0.1, 0.15) is 16.7 Å². The quantitative estimate of drug-likeness (QED) is 0.351. The number of aryl methyl sites for hydroxylation is 1. The van der Waals surface area contributed by atoms with Crippen molar-refractivity contribution < 1.29 is 13.2 Å². The molecule has 3 N–H and O–H groups in total. The van der Waals surface area contributed by atoms with Gasteiger partial charge in [-0.1, -0.05) is 48.0 Å². The molecular formula is C27H27N5O3S. The van der Waals surface area contributed by atoms with Gasteiger partial charge in [0, 0.05) is 37.5 Å². The molecule has 0 saturated carbocycles. The van der Waals surface area contributed by atoms with Crippen molar-refractivity contribution in [1.29, 1.82) is 0 Å². The number of Topliss-reactive ketones (excluding diaryl/α,β-unsaturated/α-hetero) is 1. The lowest BCUT2D eigenvalue weighted by Gasteiger charge is -2.19. The van der Waals surface area contributed by atoms with Crippen molar-refractivity contribution in [1.82, 2.24) is 9.97 Å². The largest absolute Gasteiger partial charge is 0.329 e. The van der Waals surface area contributed by atoms with Crippen LogP contribution < -0.4 is 15.4 Å². The summed E-state index contributed by atoms with van der Waals surface area (Å²) in [5.41, 5.74) is 4.54. The van der Waals surface area contributed by atoms with Gasteiger partial charge in [-0.05, 0) is 54.4 Å². The van der Waals surface area contributed by atoms with Crippen LogP contribution in [-0.2, 0) is 27.7 Å². The highest BCUT2D eigenvalue weighted by Crippen LogP contribution is 2.24. The molecule has 4 rings (SSSR count). The minimum atomic E-state index is -3.81. The van der Waals surface area contributed by atoms with Crippen molar-refractivity contribution in [3.05, 3.63) is 102 Å². The van der Waals surface area contributed by atoms with Crippen LogP contribution in [0.3, 0.4) is 0 Å². The Morgan fingerprint density at radius 2 is 1.58 bits per heavy atom. The highest BCUT2D eigenvalue weighted by molar-refractivity contribution is 7.89. The van der Waals surface area contributed by atoms with Gasteiger partial charge in [0.1, 0.15) is 11.6 Å². The van der Waals surface area contributed by atoms with E-state index in [-0.39, 0.29) is 10.7 Å². The molecule has 0 unspecified atom stereocenters. The number of primary sulfonamides is 1. The second kappa shape index (κ2) is 10.7. The van der Waals surface area contributed by atoms with Gasteiger partial charge in [0.25, 0.3) is 0 Å². The molecule has 8 nitrogen and oxygen atoms in total. The van der Waals surface area contributed by atoms with E-state index in [9.17, 15) is 13.2 Å². The predicted octanol–water partition coefficient (Wildman–Crippen LogP) is 4.30. The standard InChI is InChI=1S/C27H27N5O3S/c1-19-6-8-20(9-7-19)16-24(33)17-21-10-12-23(13-11-21)32(2)26-14-15-29-27(31-26)30-22-4-3-5-25(18-22)36(28,34)35/h3-15,18H,16-17H2,1-2H3,(H2,28,34,35)(H,29,30,31). The van der Waals surface area contributed by atoms with E-state index in [4.69, 9.17) is 5.14 Å². The van der Waals surface area contributed by atoms with Crippen molar-refractivity contribution in [2.45, 2.75) is 24.7 Å². The molecule has 0 fully saturated rings. The van der Waals surface area contributed by atoms with E-state index in [1.54, 1.807) is 24.4 Å². The first-order valence-corrected chi connectivity index (χ1v) is 12.8. The Labute approximate surface area is 210 Å². The second-order valence-corrected chi connectivity index (χ2v) is 10.1. The maximum absolute atomic E-state index is 12.5. The van der Waals surface area contributed by atoms with Crippen molar-refractivity contribution >= 4 is 38.9 Å². The van der Waals surface area contributed by atoms with Gasteiger partial charge in [-0.3, -0.25) is 4.79 Å². The fraction of sp³-hybridized carbons (Fsp3) is 0.148. The Morgan fingerprint density at radius 1 is 0.944 bits per heavy atom. The number of carbonyl (C=O) groups is 1. The molecule has 0 amide bonds.